The maximum absolute atomic E-state index is 12.4. The zero-order valence-corrected chi connectivity index (χ0v) is 10.7. The van der Waals surface area contributed by atoms with Crippen molar-refractivity contribution < 1.29 is 9.53 Å². The Kier molecular flexibility index (Phi) is 3.45. The van der Waals surface area contributed by atoms with Gasteiger partial charge in [0.1, 0.15) is 5.60 Å². The third-order valence-electron chi connectivity index (χ3n) is 3.51. The minimum absolute atomic E-state index is 0.177. The van der Waals surface area contributed by atoms with Crippen molar-refractivity contribution in [1.82, 2.24) is 0 Å². The molecule has 1 saturated carbocycles. The van der Waals surface area contributed by atoms with Gasteiger partial charge >= 0.3 is 0 Å². The minimum atomic E-state index is -0.553. The average Bonchev–Trinajstić information content (AvgIpc) is 2.81. The zero-order valence-electron chi connectivity index (χ0n) is 9.86. The Labute approximate surface area is 101 Å². The van der Waals surface area contributed by atoms with Crippen LogP contribution in [0.5, 0.6) is 0 Å². The van der Waals surface area contributed by atoms with E-state index in [1.165, 1.54) is 17.8 Å². The van der Waals surface area contributed by atoms with Crippen LogP contribution in [-0.2, 0) is 4.74 Å². The lowest BCUT2D eigenvalue weighted by Crippen LogP contribution is -2.44. The summed E-state index contributed by atoms with van der Waals surface area (Å²) in [4.78, 5) is 13.3. The lowest BCUT2D eigenvalue weighted by molar-refractivity contribution is -0.0299. The van der Waals surface area contributed by atoms with Gasteiger partial charge in [-0.3, -0.25) is 4.79 Å². The Morgan fingerprint density at radius 1 is 1.62 bits per heavy atom. The molecule has 88 valence electrons. The van der Waals surface area contributed by atoms with Gasteiger partial charge in [0.2, 0.25) is 5.78 Å². The predicted molar refractivity (Wildman–Crippen MR) is 66.0 cm³/mol. The molecule has 0 aromatic carbocycles. The highest BCUT2D eigenvalue weighted by Gasteiger charge is 2.42. The molecule has 1 fully saturated rings. The van der Waals surface area contributed by atoms with E-state index in [0.717, 1.165) is 24.1 Å². The van der Waals surface area contributed by atoms with Gasteiger partial charge in [-0.2, -0.15) is 0 Å². The van der Waals surface area contributed by atoms with E-state index in [1.54, 1.807) is 7.11 Å². The minimum Gasteiger partial charge on any atom is -0.370 e. The number of carbonyl (C=O) groups is 1. The number of methoxy groups -OCH3 is 1. The van der Waals surface area contributed by atoms with E-state index < -0.39 is 5.60 Å². The van der Waals surface area contributed by atoms with Gasteiger partial charge in [0.15, 0.2) is 0 Å². The first-order valence-electron chi connectivity index (χ1n) is 5.81. The summed E-state index contributed by atoms with van der Waals surface area (Å²) in [6.07, 6.45) is 4.03. The molecule has 1 aromatic rings. The summed E-state index contributed by atoms with van der Waals surface area (Å²) in [5.74, 6) is 0.758. The standard InChI is InChI=1S/C13H18O2S/c1-10-5-3-7-13(9-10,15-2)12(14)11-6-4-8-16-11/h4,6,8,10H,3,5,7,9H2,1-2H3. The molecule has 0 saturated heterocycles. The van der Waals surface area contributed by atoms with Crippen LogP contribution in [0.25, 0.3) is 0 Å². The molecule has 1 aliphatic carbocycles. The van der Waals surface area contributed by atoms with Crippen molar-refractivity contribution in [3.63, 3.8) is 0 Å². The van der Waals surface area contributed by atoms with Crippen LogP contribution in [0.4, 0.5) is 0 Å². The van der Waals surface area contributed by atoms with Gasteiger partial charge in [-0.25, -0.2) is 0 Å². The molecular formula is C13H18O2S. The van der Waals surface area contributed by atoms with Crippen LogP contribution >= 0.6 is 11.3 Å². The molecule has 1 aromatic heterocycles. The quantitative estimate of drug-likeness (QED) is 0.753. The molecule has 1 heterocycles. The van der Waals surface area contributed by atoms with Crippen molar-refractivity contribution >= 4 is 17.1 Å². The number of carbonyl (C=O) groups excluding carboxylic acids is 1. The fraction of sp³-hybridized carbons (Fsp3) is 0.615. The van der Waals surface area contributed by atoms with Crippen molar-refractivity contribution in [1.29, 1.82) is 0 Å². The largest absolute Gasteiger partial charge is 0.370 e. The molecule has 0 aliphatic heterocycles. The first-order chi connectivity index (χ1) is 7.68. The Bertz CT molecular complexity index is 358. The smallest absolute Gasteiger partial charge is 0.204 e. The molecule has 0 amide bonds. The number of thiophene rings is 1. The Hall–Kier alpha value is -0.670. The number of ether oxygens (including phenoxy) is 1. The molecule has 0 spiro atoms. The van der Waals surface area contributed by atoms with Gasteiger partial charge in [0, 0.05) is 7.11 Å². The molecule has 0 N–H and O–H groups in total. The first-order valence-corrected chi connectivity index (χ1v) is 6.69. The Morgan fingerprint density at radius 2 is 2.44 bits per heavy atom. The summed E-state index contributed by atoms with van der Waals surface area (Å²) in [6.45, 7) is 2.20. The van der Waals surface area contributed by atoms with Gasteiger partial charge in [0.25, 0.3) is 0 Å². The molecule has 3 heteroatoms. The fourth-order valence-corrected chi connectivity index (χ4v) is 3.37. The van der Waals surface area contributed by atoms with Crippen LogP contribution in [0.2, 0.25) is 0 Å². The van der Waals surface area contributed by atoms with Gasteiger partial charge in [-0.05, 0) is 36.6 Å². The van der Waals surface area contributed by atoms with Crippen LogP contribution in [0, 0.1) is 5.92 Å². The molecular weight excluding hydrogens is 220 g/mol. The zero-order chi connectivity index (χ0) is 11.6. The molecule has 2 unspecified atom stereocenters. The SMILES string of the molecule is COC1(C(=O)c2cccs2)CCCC(C)C1. The summed E-state index contributed by atoms with van der Waals surface area (Å²) < 4.78 is 5.59. The van der Waals surface area contributed by atoms with E-state index in [0.29, 0.717) is 5.92 Å². The lowest BCUT2D eigenvalue weighted by atomic mass is 9.76. The number of Topliss-reactive ketones (excluding diaryl/α,β-unsaturated/α-hetero) is 1. The predicted octanol–water partition coefficient (Wildman–Crippen LogP) is 3.53. The van der Waals surface area contributed by atoms with Gasteiger partial charge in [-0.15, -0.1) is 11.3 Å². The van der Waals surface area contributed by atoms with E-state index in [1.807, 2.05) is 17.5 Å². The topological polar surface area (TPSA) is 26.3 Å². The maximum atomic E-state index is 12.4. The van der Waals surface area contributed by atoms with Crippen molar-refractivity contribution in [3.8, 4) is 0 Å². The van der Waals surface area contributed by atoms with E-state index in [-0.39, 0.29) is 5.78 Å². The van der Waals surface area contributed by atoms with Crippen molar-refractivity contribution in [2.24, 2.45) is 5.92 Å². The number of ketones is 1. The highest BCUT2D eigenvalue weighted by Crippen LogP contribution is 2.37. The van der Waals surface area contributed by atoms with Crippen LogP contribution in [0.1, 0.15) is 42.3 Å². The second kappa shape index (κ2) is 4.68. The monoisotopic (exact) mass is 238 g/mol. The Balaban J connectivity index is 2.24. The molecule has 0 radical (unpaired) electrons. The van der Waals surface area contributed by atoms with E-state index in [2.05, 4.69) is 6.92 Å². The van der Waals surface area contributed by atoms with E-state index in [9.17, 15) is 4.79 Å². The molecule has 16 heavy (non-hydrogen) atoms. The van der Waals surface area contributed by atoms with Gasteiger partial charge in [0.05, 0.1) is 4.88 Å². The van der Waals surface area contributed by atoms with Crippen LogP contribution in [0.3, 0.4) is 0 Å². The van der Waals surface area contributed by atoms with Crippen molar-refractivity contribution in [2.45, 2.75) is 38.2 Å². The molecule has 0 bridgehead atoms. The average molecular weight is 238 g/mol. The summed E-state index contributed by atoms with van der Waals surface area (Å²) in [6, 6.07) is 3.82. The van der Waals surface area contributed by atoms with Crippen LogP contribution in [0.15, 0.2) is 17.5 Å². The molecule has 2 rings (SSSR count). The fourth-order valence-electron chi connectivity index (χ4n) is 2.62. The van der Waals surface area contributed by atoms with Gasteiger partial charge in [-0.1, -0.05) is 19.4 Å². The number of rotatable bonds is 3. The van der Waals surface area contributed by atoms with Gasteiger partial charge < -0.3 is 4.74 Å². The highest BCUT2D eigenvalue weighted by molar-refractivity contribution is 7.12. The van der Waals surface area contributed by atoms with E-state index in [4.69, 9.17) is 4.74 Å². The summed E-state index contributed by atoms with van der Waals surface area (Å²) in [5, 5.41) is 1.95. The number of hydrogen-bond acceptors (Lipinski definition) is 3. The summed E-state index contributed by atoms with van der Waals surface area (Å²) >= 11 is 1.51. The van der Waals surface area contributed by atoms with Crippen molar-refractivity contribution in [2.75, 3.05) is 7.11 Å². The summed E-state index contributed by atoms with van der Waals surface area (Å²) in [7, 11) is 1.67. The maximum Gasteiger partial charge on any atom is 0.204 e. The molecule has 2 nitrogen and oxygen atoms in total. The second-order valence-corrected chi connectivity index (χ2v) is 5.65. The first kappa shape index (κ1) is 11.8. The second-order valence-electron chi connectivity index (χ2n) is 4.71. The highest BCUT2D eigenvalue weighted by atomic mass is 32.1. The van der Waals surface area contributed by atoms with E-state index >= 15 is 0 Å². The van der Waals surface area contributed by atoms with Crippen LogP contribution in [-0.4, -0.2) is 18.5 Å². The Morgan fingerprint density at radius 3 is 3.00 bits per heavy atom. The normalized spacial score (nSPS) is 30.2. The van der Waals surface area contributed by atoms with Crippen molar-refractivity contribution in [3.05, 3.63) is 22.4 Å². The lowest BCUT2D eigenvalue weighted by Gasteiger charge is -2.37. The third-order valence-corrected chi connectivity index (χ3v) is 4.37. The number of hydrogen-bond donors (Lipinski definition) is 0. The molecule has 1 aliphatic rings. The van der Waals surface area contributed by atoms with Crippen LogP contribution < -0.4 is 0 Å². The summed E-state index contributed by atoms with van der Waals surface area (Å²) in [5.41, 5.74) is -0.553. The third kappa shape index (κ3) is 2.06. The molecule has 2 atom stereocenters.